The maximum Gasteiger partial charge on any atom is 0.0603 e. The third-order valence-corrected chi connectivity index (χ3v) is 4.31. The Balaban J connectivity index is 1.60. The van der Waals surface area contributed by atoms with E-state index >= 15 is 0 Å². The van der Waals surface area contributed by atoms with E-state index in [2.05, 4.69) is 25.7 Å². The van der Waals surface area contributed by atoms with Crippen molar-refractivity contribution in [1.82, 2.24) is 4.90 Å². The van der Waals surface area contributed by atoms with Gasteiger partial charge in [-0.25, -0.2) is 0 Å². The van der Waals surface area contributed by atoms with Gasteiger partial charge < -0.3 is 9.64 Å². The molecule has 17 heavy (non-hydrogen) atoms. The van der Waals surface area contributed by atoms with Crippen LogP contribution < -0.4 is 0 Å². The van der Waals surface area contributed by atoms with Gasteiger partial charge in [0.2, 0.25) is 0 Å². The molecule has 0 atom stereocenters. The first-order valence-electron chi connectivity index (χ1n) is 7.55. The fraction of sp³-hybridized carbons (Fsp3) is 1.00. The van der Waals surface area contributed by atoms with Crippen LogP contribution in [0, 0.1) is 11.8 Å². The lowest BCUT2D eigenvalue weighted by Crippen LogP contribution is -2.42. The van der Waals surface area contributed by atoms with E-state index in [4.69, 9.17) is 4.74 Å². The van der Waals surface area contributed by atoms with Crippen molar-refractivity contribution in [2.24, 2.45) is 11.8 Å². The summed E-state index contributed by atoms with van der Waals surface area (Å²) in [5.41, 5.74) is 0. The summed E-state index contributed by atoms with van der Waals surface area (Å²) >= 11 is 0. The Bertz CT molecular complexity index is 215. The molecule has 100 valence electrons. The lowest BCUT2D eigenvalue weighted by atomic mass is 9.80. The van der Waals surface area contributed by atoms with Crippen molar-refractivity contribution in [1.29, 1.82) is 0 Å². The molecule has 1 aliphatic heterocycles. The Morgan fingerprint density at radius 2 is 1.76 bits per heavy atom. The van der Waals surface area contributed by atoms with Crippen LogP contribution in [0.2, 0.25) is 0 Å². The van der Waals surface area contributed by atoms with Crippen LogP contribution in [0.1, 0.15) is 52.9 Å². The molecule has 2 fully saturated rings. The minimum absolute atomic E-state index is 0.557. The second-order valence-electron chi connectivity index (χ2n) is 6.40. The highest BCUT2D eigenvalue weighted by Gasteiger charge is 2.31. The fourth-order valence-electron chi connectivity index (χ4n) is 3.14. The van der Waals surface area contributed by atoms with Gasteiger partial charge in [-0.15, -0.1) is 0 Å². The van der Waals surface area contributed by atoms with E-state index in [0.717, 1.165) is 11.8 Å². The summed E-state index contributed by atoms with van der Waals surface area (Å²) < 4.78 is 6.19. The quantitative estimate of drug-likeness (QED) is 0.730. The molecule has 2 rings (SSSR count). The van der Waals surface area contributed by atoms with E-state index in [0.29, 0.717) is 12.2 Å². The molecule has 1 saturated heterocycles. The zero-order chi connectivity index (χ0) is 12.3. The predicted octanol–water partition coefficient (Wildman–Crippen LogP) is 3.31. The van der Waals surface area contributed by atoms with Crippen molar-refractivity contribution in [2.45, 2.75) is 65.1 Å². The Labute approximate surface area is 107 Å². The summed E-state index contributed by atoms with van der Waals surface area (Å²) in [5, 5.41) is 0. The molecule has 1 heterocycles. The first-order valence-corrected chi connectivity index (χ1v) is 7.55. The summed E-state index contributed by atoms with van der Waals surface area (Å²) in [6.45, 7) is 10.7. The molecule has 0 aromatic heterocycles. The normalized spacial score (nSPS) is 31.8. The van der Waals surface area contributed by atoms with Gasteiger partial charge in [0.1, 0.15) is 0 Å². The Morgan fingerprint density at radius 1 is 1.12 bits per heavy atom. The molecule has 2 nitrogen and oxygen atoms in total. The van der Waals surface area contributed by atoms with Gasteiger partial charge in [-0.05, 0) is 37.5 Å². The van der Waals surface area contributed by atoms with Crippen LogP contribution in [0.15, 0.2) is 0 Å². The second kappa shape index (κ2) is 6.19. The van der Waals surface area contributed by atoms with Crippen LogP contribution in [0.25, 0.3) is 0 Å². The van der Waals surface area contributed by atoms with Crippen molar-refractivity contribution < 1.29 is 4.74 Å². The van der Waals surface area contributed by atoms with Gasteiger partial charge >= 0.3 is 0 Å². The molecule has 1 aliphatic carbocycles. The number of hydrogen-bond acceptors (Lipinski definition) is 2. The number of likely N-dealkylation sites (tertiary alicyclic amines) is 1. The first-order chi connectivity index (χ1) is 8.17. The maximum absolute atomic E-state index is 6.19. The zero-order valence-electron chi connectivity index (χ0n) is 11.8. The fourth-order valence-corrected chi connectivity index (χ4v) is 3.14. The van der Waals surface area contributed by atoms with Crippen molar-refractivity contribution in [3.63, 3.8) is 0 Å². The maximum atomic E-state index is 6.19. The molecular weight excluding hydrogens is 210 g/mol. The largest absolute Gasteiger partial charge is 0.375 e. The van der Waals surface area contributed by atoms with Crippen molar-refractivity contribution >= 4 is 0 Å². The highest BCUT2D eigenvalue weighted by Crippen LogP contribution is 2.34. The molecule has 0 bridgehead atoms. The van der Waals surface area contributed by atoms with Crippen LogP contribution in [-0.4, -0.2) is 36.7 Å². The molecule has 2 aliphatic rings. The van der Waals surface area contributed by atoms with Gasteiger partial charge in [0.15, 0.2) is 0 Å². The molecule has 0 radical (unpaired) electrons. The molecule has 0 spiro atoms. The molecule has 0 aromatic rings. The van der Waals surface area contributed by atoms with Gasteiger partial charge in [0, 0.05) is 19.6 Å². The lowest BCUT2D eigenvalue weighted by Gasteiger charge is -2.40. The summed E-state index contributed by atoms with van der Waals surface area (Å²) in [5.74, 6) is 1.76. The van der Waals surface area contributed by atoms with Gasteiger partial charge in [0.25, 0.3) is 0 Å². The average Bonchev–Trinajstić information content (AvgIpc) is 2.24. The highest BCUT2D eigenvalue weighted by molar-refractivity contribution is 4.82. The third-order valence-electron chi connectivity index (χ3n) is 4.31. The standard InChI is InChI=1S/C15H29NO/c1-4-13-9-15(10-13)17-14-5-7-16(8-6-14)11-12(2)3/h12-15H,4-11H2,1-3H3/t13-,15-. The Hall–Kier alpha value is -0.0800. The van der Waals surface area contributed by atoms with E-state index in [1.54, 1.807) is 0 Å². The Morgan fingerprint density at radius 3 is 2.29 bits per heavy atom. The number of piperidine rings is 1. The average molecular weight is 239 g/mol. The van der Waals surface area contributed by atoms with Gasteiger partial charge in [-0.3, -0.25) is 0 Å². The molecule has 0 amide bonds. The SMILES string of the molecule is CC[C@H]1C[C@H](OC2CCN(CC(C)C)CC2)C1. The van der Waals surface area contributed by atoms with Crippen LogP contribution in [0.3, 0.4) is 0 Å². The highest BCUT2D eigenvalue weighted by atomic mass is 16.5. The van der Waals surface area contributed by atoms with Crippen molar-refractivity contribution in [3.8, 4) is 0 Å². The smallest absolute Gasteiger partial charge is 0.0603 e. The molecule has 0 unspecified atom stereocenters. The summed E-state index contributed by atoms with van der Waals surface area (Å²) in [4.78, 5) is 2.60. The summed E-state index contributed by atoms with van der Waals surface area (Å²) in [6.07, 6.45) is 7.64. The topological polar surface area (TPSA) is 12.5 Å². The van der Waals surface area contributed by atoms with E-state index < -0.39 is 0 Å². The first kappa shape index (κ1) is 13.4. The molecule has 0 N–H and O–H groups in total. The number of rotatable bonds is 5. The summed E-state index contributed by atoms with van der Waals surface area (Å²) in [7, 11) is 0. The van der Waals surface area contributed by atoms with Crippen LogP contribution in [0.4, 0.5) is 0 Å². The monoisotopic (exact) mass is 239 g/mol. The van der Waals surface area contributed by atoms with Gasteiger partial charge in [-0.1, -0.05) is 27.2 Å². The number of ether oxygens (including phenoxy) is 1. The van der Waals surface area contributed by atoms with Crippen LogP contribution in [-0.2, 0) is 4.74 Å². The number of nitrogens with zero attached hydrogens (tertiary/aromatic N) is 1. The van der Waals surface area contributed by atoms with E-state index in [1.165, 1.54) is 51.7 Å². The Kier molecular flexibility index (Phi) is 4.87. The third kappa shape index (κ3) is 3.96. The van der Waals surface area contributed by atoms with Crippen LogP contribution in [0.5, 0.6) is 0 Å². The molecular formula is C15H29NO. The van der Waals surface area contributed by atoms with Crippen LogP contribution >= 0.6 is 0 Å². The molecule has 0 aromatic carbocycles. The minimum Gasteiger partial charge on any atom is -0.375 e. The van der Waals surface area contributed by atoms with Crippen molar-refractivity contribution in [2.75, 3.05) is 19.6 Å². The van der Waals surface area contributed by atoms with E-state index in [-0.39, 0.29) is 0 Å². The predicted molar refractivity (Wildman–Crippen MR) is 72.2 cm³/mol. The lowest BCUT2D eigenvalue weighted by molar-refractivity contribution is -0.0945. The van der Waals surface area contributed by atoms with E-state index in [9.17, 15) is 0 Å². The second-order valence-corrected chi connectivity index (χ2v) is 6.40. The zero-order valence-corrected chi connectivity index (χ0v) is 11.8. The number of hydrogen-bond donors (Lipinski definition) is 0. The molecule has 2 heteroatoms. The van der Waals surface area contributed by atoms with Gasteiger partial charge in [-0.2, -0.15) is 0 Å². The van der Waals surface area contributed by atoms with E-state index in [1.807, 2.05) is 0 Å². The summed E-state index contributed by atoms with van der Waals surface area (Å²) in [6, 6.07) is 0. The van der Waals surface area contributed by atoms with Gasteiger partial charge in [0.05, 0.1) is 12.2 Å². The minimum atomic E-state index is 0.557. The van der Waals surface area contributed by atoms with Crippen molar-refractivity contribution in [3.05, 3.63) is 0 Å². The molecule has 1 saturated carbocycles.